The summed E-state index contributed by atoms with van der Waals surface area (Å²) in [6.45, 7) is 3.51. The fourth-order valence-corrected chi connectivity index (χ4v) is 4.21. The first kappa shape index (κ1) is 19.3. The number of fused-ring (bicyclic) bond motifs is 1. The van der Waals surface area contributed by atoms with Crippen molar-refractivity contribution in [3.63, 3.8) is 0 Å². The van der Waals surface area contributed by atoms with Gasteiger partial charge in [-0.05, 0) is 50.1 Å². The number of halogens is 1. The van der Waals surface area contributed by atoms with Crippen molar-refractivity contribution in [1.82, 2.24) is 14.8 Å². The van der Waals surface area contributed by atoms with E-state index >= 15 is 0 Å². The van der Waals surface area contributed by atoms with Crippen LogP contribution in [-0.2, 0) is 7.05 Å². The van der Waals surface area contributed by atoms with Crippen LogP contribution in [0.1, 0.15) is 28.9 Å². The summed E-state index contributed by atoms with van der Waals surface area (Å²) in [4.78, 5) is 20.2. The van der Waals surface area contributed by atoms with Crippen LogP contribution in [0.15, 0.2) is 47.1 Å². The van der Waals surface area contributed by atoms with Crippen LogP contribution in [0.4, 0.5) is 15.8 Å². The second-order valence-corrected chi connectivity index (χ2v) is 7.72. The molecule has 158 valence electrons. The SMILES string of the molecule is Cc1nn(C)c2nc(-c3ccco3)cc(C(=O)Nc3c(F)cccc3N3CCCC3)c12. The molecule has 4 heterocycles. The van der Waals surface area contributed by atoms with Crippen LogP contribution in [0.5, 0.6) is 0 Å². The van der Waals surface area contributed by atoms with Gasteiger partial charge in [0, 0.05) is 20.1 Å². The van der Waals surface area contributed by atoms with E-state index in [2.05, 4.69) is 20.3 Å². The minimum absolute atomic E-state index is 0.195. The number of amides is 1. The van der Waals surface area contributed by atoms with Crippen molar-refractivity contribution >= 4 is 28.3 Å². The predicted molar refractivity (Wildman–Crippen MR) is 117 cm³/mol. The molecule has 1 aromatic carbocycles. The number of benzene rings is 1. The number of carbonyl (C=O) groups excluding carboxylic acids is 1. The van der Waals surface area contributed by atoms with Crippen molar-refractivity contribution in [2.24, 2.45) is 7.05 Å². The van der Waals surface area contributed by atoms with Crippen molar-refractivity contribution in [3.8, 4) is 11.5 Å². The van der Waals surface area contributed by atoms with Gasteiger partial charge in [0.2, 0.25) is 0 Å². The number of pyridine rings is 1. The Morgan fingerprint density at radius 3 is 2.74 bits per heavy atom. The summed E-state index contributed by atoms with van der Waals surface area (Å²) < 4.78 is 21.9. The highest BCUT2D eigenvalue weighted by atomic mass is 19.1. The lowest BCUT2D eigenvalue weighted by atomic mass is 10.1. The summed E-state index contributed by atoms with van der Waals surface area (Å²) >= 11 is 0. The molecule has 1 fully saturated rings. The third-order valence-corrected chi connectivity index (χ3v) is 5.66. The number of hydrogen-bond donors (Lipinski definition) is 1. The molecule has 1 amide bonds. The highest BCUT2D eigenvalue weighted by Gasteiger charge is 2.24. The van der Waals surface area contributed by atoms with Crippen molar-refractivity contribution in [1.29, 1.82) is 0 Å². The largest absolute Gasteiger partial charge is 0.463 e. The molecule has 0 saturated carbocycles. The lowest BCUT2D eigenvalue weighted by Crippen LogP contribution is -2.22. The first-order valence-corrected chi connectivity index (χ1v) is 10.3. The van der Waals surface area contributed by atoms with Crippen LogP contribution in [0, 0.1) is 12.7 Å². The molecule has 1 aliphatic heterocycles. The van der Waals surface area contributed by atoms with Crippen LogP contribution < -0.4 is 10.2 Å². The molecule has 1 aliphatic rings. The van der Waals surface area contributed by atoms with Crippen LogP contribution in [0.3, 0.4) is 0 Å². The Kier molecular flexibility index (Phi) is 4.69. The van der Waals surface area contributed by atoms with Crippen LogP contribution in [0.25, 0.3) is 22.5 Å². The van der Waals surface area contributed by atoms with Gasteiger partial charge in [-0.15, -0.1) is 0 Å². The quantitative estimate of drug-likeness (QED) is 0.526. The Hall–Kier alpha value is -3.68. The topological polar surface area (TPSA) is 76.2 Å². The number of anilines is 2. The molecule has 1 N–H and O–H groups in total. The summed E-state index contributed by atoms with van der Waals surface area (Å²) in [5.74, 6) is -0.336. The Bertz CT molecular complexity index is 1270. The van der Waals surface area contributed by atoms with Gasteiger partial charge >= 0.3 is 0 Å². The van der Waals surface area contributed by atoms with Gasteiger partial charge in [0.25, 0.3) is 5.91 Å². The van der Waals surface area contributed by atoms with E-state index < -0.39 is 11.7 Å². The zero-order chi connectivity index (χ0) is 21.5. The average molecular weight is 419 g/mol. The van der Waals surface area contributed by atoms with E-state index in [1.165, 1.54) is 6.07 Å². The molecular weight excluding hydrogens is 397 g/mol. The van der Waals surface area contributed by atoms with Crippen molar-refractivity contribution < 1.29 is 13.6 Å². The molecule has 0 aliphatic carbocycles. The first-order valence-electron chi connectivity index (χ1n) is 10.3. The van der Waals surface area contributed by atoms with Crippen molar-refractivity contribution in [2.45, 2.75) is 19.8 Å². The molecule has 7 nitrogen and oxygen atoms in total. The maximum absolute atomic E-state index is 14.8. The third-order valence-electron chi connectivity index (χ3n) is 5.66. The normalized spacial score (nSPS) is 13.8. The molecule has 5 rings (SSSR count). The summed E-state index contributed by atoms with van der Waals surface area (Å²) in [5.41, 5.74) is 3.02. The first-order chi connectivity index (χ1) is 15.0. The van der Waals surface area contributed by atoms with E-state index in [4.69, 9.17) is 4.42 Å². The van der Waals surface area contributed by atoms with Gasteiger partial charge in [-0.3, -0.25) is 9.48 Å². The summed E-state index contributed by atoms with van der Waals surface area (Å²) in [5, 5.41) is 7.88. The molecule has 0 radical (unpaired) electrons. The maximum atomic E-state index is 14.8. The number of nitrogens with one attached hydrogen (secondary N) is 1. The number of rotatable bonds is 4. The number of carbonyl (C=O) groups is 1. The van der Waals surface area contributed by atoms with Gasteiger partial charge in [0.15, 0.2) is 11.4 Å². The second kappa shape index (κ2) is 7.54. The monoisotopic (exact) mass is 419 g/mol. The van der Waals surface area contributed by atoms with Gasteiger partial charge in [-0.1, -0.05) is 6.07 Å². The summed E-state index contributed by atoms with van der Waals surface area (Å²) in [7, 11) is 1.78. The number of para-hydroxylation sites is 1. The number of aromatic nitrogens is 3. The predicted octanol–water partition coefficient (Wildman–Crippen LogP) is 4.53. The Morgan fingerprint density at radius 2 is 2.00 bits per heavy atom. The Morgan fingerprint density at radius 1 is 1.19 bits per heavy atom. The standard InChI is InChI=1S/C23H22FN5O2/c1-14-20-15(13-17(19-9-6-12-31-19)25-22(20)28(2)27-14)23(30)26-21-16(24)7-5-8-18(21)29-10-3-4-11-29/h5-9,12-13H,3-4,10-11H2,1-2H3,(H,26,30). The lowest BCUT2D eigenvalue weighted by Gasteiger charge is -2.22. The average Bonchev–Trinajstić information content (AvgIpc) is 3.52. The number of furan rings is 1. The third kappa shape index (κ3) is 3.34. The summed E-state index contributed by atoms with van der Waals surface area (Å²) in [6, 6.07) is 10.1. The van der Waals surface area contributed by atoms with Gasteiger partial charge in [-0.2, -0.15) is 5.10 Å². The van der Waals surface area contributed by atoms with Crippen LogP contribution in [0.2, 0.25) is 0 Å². The lowest BCUT2D eigenvalue weighted by molar-refractivity contribution is 0.102. The number of nitrogens with zero attached hydrogens (tertiary/aromatic N) is 4. The maximum Gasteiger partial charge on any atom is 0.256 e. The minimum atomic E-state index is -0.461. The fourth-order valence-electron chi connectivity index (χ4n) is 4.21. The van der Waals surface area contributed by atoms with Gasteiger partial charge in [0.1, 0.15) is 17.2 Å². The van der Waals surface area contributed by atoms with E-state index in [9.17, 15) is 9.18 Å². The molecule has 0 unspecified atom stereocenters. The zero-order valence-electron chi connectivity index (χ0n) is 17.4. The van der Waals surface area contributed by atoms with Crippen LogP contribution in [-0.4, -0.2) is 33.8 Å². The molecule has 0 spiro atoms. The Balaban J connectivity index is 1.61. The van der Waals surface area contributed by atoms with E-state index in [-0.39, 0.29) is 5.69 Å². The Labute approximate surface area is 178 Å². The zero-order valence-corrected chi connectivity index (χ0v) is 17.4. The fraction of sp³-hybridized carbons (Fsp3) is 0.261. The molecular formula is C23H22FN5O2. The van der Waals surface area contributed by atoms with E-state index in [0.717, 1.165) is 25.9 Å². The highest BCUT2D eigenvalue weighted by Crippen LogP contribution is 2.33. The molecule has 1 saturated heterocycles. The van der Waals surface area contributed by atoms with Gasteiger partial charge in [0.05, 0.1) is 28.6 Å². The molecule has 8 heteroatoms. The van der Waals surface area contributed by atoms with Crippen molar-refractivity contribution in [3.05, 3.63) is 59.7 Å². The molecule has 0 atom stereocenters. The van der Waals surface area contributed by atoms with Gasteiger partial charge in [-0.25, -0.2) is 9.37 Å². The molecule has 4 aromatic rings. The minimum Gasteiger partial charge on any atom is -0.463 e. The van der Waals surface area contributed by atoms with Crippen LogP contribution >= 0.6 is 0 Å². The second-order valence-electron chi connectivity index (χ2n) is 7.72. The van der Waals surface area contributed by atoms with E-state index in [1.54, 1.807) is 42.3 Å². The molecule has 0 bridgehead atoms. The molecule has 31 heavy (non-hydrogen) atoms. The summed E-state index contributed by atoms with van der Waals surface area (Å²) in [6.07, 6.45) is 3.66. The number of hydrogen-bond acceptors (Lipinski definition) is 5. The van der Waals surface area contributed by atoms with Gasteiger partial charge < -0.3 is 14.6 Å². The molecule has 3 aromatic heterocycles. The smallest absolute Gasteiger partial charge is 0.256 e. The number of aryl methyl sites for hydroxylation is 2. The highest BCUT2D eigenvalue weighted by molar-refractivity contribution is 6.14. The van der Waals surface area contributed by atoms with E-state index in [0.29, 0.717) is 39.4 Å². The van der Waals surface area contributed by atoms with E-state index in [1.807, 2.05) is 13.0 Å². The van der Waals surface area contributed by atoms with Crippen molar-refractivity contribution in [2.75, 3.05) is 23.3 Å².